The lowest BCUT2D eigenvalue weighted by atomic mass is 9.68. The number of nitrogens with two attached hydrogens (primary N) is 1. The van der Waals surface area contributed by atoms with Crippen LogP contribution >= 0.6 is 0 Å². The van der Waals surface area contributed by atoms with Gasteiger partial charge in [-0.1, -0.05) is 24.1 Å². The van der Waals surface area contributed by atoms with E-state index < -0.39 is 17.3 Å². The number of terminal acetylenes is 1. The van der Waals surface area contributed by atoms with Crippen molar-refractivity contribution in [1.82, 2.24) is 4.90 Å². The minimum absolute atomic E-state index is 0.00972. The molecule has 0 saturated heterocycles. The molecular weight excluding hydrogens is 334 g/mol. The number of carbonyl (C=O) groups excluding carboxylic acids is 2. The van der Waals surface area contributed by atoms with Crippen molar-refractivity contribution >= 4 is 11.9 Å². The topological polar surface area (TPSA) is 106 Å². The monoisotopic (exact) mass is 349 g/mol. The van der Waals surface area contributed by atoms with Crippen LogP contribution in [-0.2, 0) is 19.7 Å². The van der Waals surface area contributed by atoms with Gasteiger partial charge in [-0.15, -0.1) is 6.42 Å². The van der Waals surface area contributed by atoms with E-state index in [1.54, 1.807) is 31.2 Å². The number of methoxy groups -OCH3 is 1. The van der Waals surface area contributed by atoms with E-state index in [0.29, 0.717) is 11.3 Å². The Morgan fingerprint density at radius 2 is 2.15 bits per heavy atom. The molecule has 0 aromatic heterocycles. The number of para-hydroxylation sites is 1. The van der Waals surface area contributed by atoms with Gasteiger partial charge >= 0.3 is 5.97 Å². The van der Waals surface area contributed by atoms with E-state index in [1.165, 1.54) is 12.0 Å². The number of ether oxygens (including phenoxy) is 2. The van der Waals surface area contributed by atoms with Crippen LogP contribution in [0.15, 0.2) is 47.0 Å². The van der Waals surface area contributed by atoms with Gasteiger partial charge in [0.1, 0.15) is 17.4 Å². The lowest BCUT2D eigenvalue weighted by Gasteiger charge is -2.35. The second-order valence-electron chi connectivity index (χ2n) is 5.75. The van der Waals surface area contributed by atoms with Crippen molar-refractivity contribution in [2.75, 3.05) is 13.7 Å². The van der Waals surface area contributed by atoms with Gasteiger partial charge in [0.25, 0.3) is 0 Å². The SMILES string of the molecule is C#CCN1C(=O)[C@@]2(C(C#N)=C(N)Oc3ccccc32)C(C(=O)OC)=C1C. The molecule has 1 amide bonds. The zero-order chi connectivity index (χ0) is 19.1. The summed E-state index contributed by atoms with van der Waals surface area (Å²) >= 11 is 0. The fraction of sp³-hybridized carbons (Fsp3) is 0.211. The highest BCUT2D eigenvalue weighted by Gasteiger charge is 2.61. The smallest absolute Gasteiger partial charge is 0.337 e. The largest absolute Gasteiger partial charge is 0.466 e. The molecule has 2 aliphatic heterocycles. The molecule has 2 heterocycles. The summed E-state index contributed by atoms with van der Waals surface area (Å²) < 4.78 is 10.4. The number of allylic oxidation sites excluding steroid dienone is 1. The number of fused-ring (bicyclic) bond motifs is 2. The van der Waals surface area contributed by atoms with Gasteiger partial charge in [0.2, 0.25) is 11.8 Å². The summed E-state index contributed by atoms with van der Waals surface area (Å²) in [6.07, 6.45) is 5.38. The van der Waals surface area contributed by atoms with Gasteiger partial charge in [-0.3, -0.25) is 4.79 Å². The van der Waals surface area contributed by atoms with Crippen LogP contribution in [0, 0.1) is 23.7 Å². The Balaban J connectivity index is 2.46. The first-order valence-corrected chi connectivity index (χ1v) is 7.67. The van der Waals surface area contributed by atoms with Gasteiger partial charge in [-0.2, -0.15) is 5.26 Å². The van der Waals surface area contributed by atoms with Gasteiger partial charge in [0.05, 0.1) is 19.2 Å². The standard InChI is InChI=1S/C19H15N3O4/c1-4-9-22-11(2)15(17(23)25-3)19(18(22)24)12-7-5-6-8-14(12)26-16(21)13(19)10-20/h1,5-8H,9,21H2,2-3H3/t19-/m0/s1. The van der Waals surface area contributed by atoms with E-state index in [4.69, 9.17) is 21.6 Å². The number of hydrogen-bond acceptors (Lipinski definition) is 6. The van der Waals surface area contributed by atoms with Crippen molar-refractivity contribution in [3.63, 3.8) is 0 Å². The number of nitrogens with zero attached hydrogens (tertiary/aromatic N) is 2. The zero-order valence-electron chi connectivity index (χ0n) is 14.2. The first-order valence-electron chi connectivity index (χ1n) is 7.67. The van der Waals surface area contributed by atoms with Crippen LogP contribution < -0.4 is 10.5 Å². The van der Waals surface area contributed by atoms with Crippen LogP contribution in [0.25, 0.3) is 0 Å². The normalized spacial score (nSPS) is 21.2. The molecule has 7 heteroatoms. The molecule has 1 aromatic rings. The lowest BCUT2D eigenvalue weighted by Crippen LogP contribution is -2.47. The van der Waals surface area contributed by atoms with Crippen LogP contribution in [0.2, 0.25) is 0 Å². The number of esters is 1. The van der Waals surface area contributed by atoms with E-state index in [2.05, 4.69) is 5.92 Å². The average Bonchev–Trinajstić information content (AvgIpc) is 2.84. The van der Waals surface area contributed by atoms with Gasteiger partial charge in [-0.25, -0.2) is 4.79 Å². The van der Waals surface area contributed by atoms with E-state index in [0.717, 1.165) is 0 Å². The highest BCUT2D eigenvalue weighted by Crippen LogP contribution is 2.53. The van der Waals surface area contributed by atoms with E-state index in [9.17, 15) is 14.9 Å². The van der Waals surface area contributed by atoms with Crippen molar-refractivity contribution in [3.8, 4) is 24.2 Å². The van der Waals surface area contributed by atoms with Crippen molar-refractivity contribution < 1.29 is 19.1 Å². The Bertz CT molecular complexity index is 977. The second-order valence-corrected chi connectivity index (χ2v) is 5.75. The highest BCUT2D eigenvalue weighted by molar-refractivity contribution is 6.12. The lowest BCUT2D eigenvalue weighted by molar-refractivity contribution is -0.138. The summed E-state index contributed by atoms with van der Waals surface area (Å²) in [7, 11) is 1.20. The van der Waals surface area contributed by atoms with Gasteiger partial charge in [0, 0.05) is 11.3 Å². The molecule has 1 spiro atoms. The predicted molar refractivity (Wildman–Crippen MR) is 90.8 cm³/mol. The first-order chi connectivity index (χ1) is 12.4. The number of benzene rings is 1. The summed E-state index contributed by atoms with van der Waals surface area (Å²) in [6, 6.07) is 8.55. The summed E-state index contributed by atoms with van der Waals surface area (Å²) in [5, 5.41) is 9.75. The molecule has 26 heavy (non-hydrogen) atoms. The Morgan fingerprint density at radius 3 is 2.77 bits per heavy atom. The molecular formula is C19H15N3O4. The minimum atomic E-state index is -1.75. The third kappa shape index (κ3) is 1.95. The van der Waals surface area contributed by atoms with Crippen LogP contribution in [0.4, 0.5) is 0 Å². The van der Waals surface area contributed by atoms with E-state index >= 15 is 0 Å². The molecule has 1 atom stereocenters. The molecule has 1 aromatic carbocycles. The molecule has 3 rings (SSSR count). The summed E-state index contributed by atoms with van der Waals surface area (Å²) in [5.74, 6) is 1.16. The Morgan fingerprint density at radius 1 is 1.46 bits per heavy atom. The summed E-state index contributed by atoms with van der Waals surface area (Å²) in [6.45, 7) is 1.52. The third-order valence-electron chi connectivity index (χ3n) is 4.59. The molecule has 0 fully saturated rings. The van der Waals surface area contributed by atoms with Crippen LogP contribution in [0.3, 0.4) is 0 Å². The molecule has 2 aliphatic rings. The molecule has 0 radical (unpaired) electrons. The number of rotatable bonds is 2. The van der Waals surface area contributed by atoms with Crippen LogP contribution in [-0.4, -0.2) is 30.4 Å². The Hall–Kier alpha value is -3.71. The van der Waals surface area contributed by atoms with Crippen LogP contribution in [0.5, 0.6) is 5.75 Å². The summed E-state index contributed by atoms with van der Waals surface area (Å²) in [4.78, 5) is 27.4. The molecule has 2 N–H and O–H groups in total. The van der Waals surface area contributed by atoms with Gasteiger partial charge in [0.15, 0.2) is 5.41 Å². The maximum atomic E-state index is 13.5. The molecule has 7 nitrogen and oxygen atoms in total. The molecule has 130 valence electrons. The quantitative estimate of drug-likeness (QED) is 0.629. The number of amides is 1. The Kier molecular flexibility index (Phi) is 3.94. The van der Waals surface area contributed by atoms with Crippen molar-refractivity contribution in [2.45, 2.75) is 12.3 Å². The molecule has 0 saturated carbocycles. The fourth-order valence-electron chi connectivity index (χ4n) is 3.53. The third-order valence-corrected chi connectivity index (χ3v) is 4.59. The van der Waals surface area contributed by atoms with Crippen LogP contribution in [0.1, 0.15) is 12.5 Å². The number of carbonyl (C=O) groups is 2. The predicted octanol–water partition coefficient (Wildman–Crippen LogP) is 0.933. The second kappa shape index (κ2) is 5.98. The highest BCUT2D eigenvalue weighted by atomic mass is 16.5. The van der Waals surface area contributed by atoms with Crippen molar-refractivity contribution in [3.05, 3.63) is 52.6 Å². The van der Waals surface area contributed by atoms with E-state index in [-0.39, 0.29) is 29.3 Å². The molecule has 0 bridgehead atoms. The summed E-state index contributed by atoms with van der Waals surface area (Å²) in [5.41, 5.74) is 4.69. The average molecular weight is 349 g/mol. The van der Waals surface area contributed by atoms with Crippen molar-refractivity contribution in [1.29, 1.82) is 5.26 Å². The van der Waals surface area contributed by atoms with Gasteiger partial charge < -0.3 is 20.1 Å². The minimum Gasteiger partial charge on any atom is -0.466 e. The fourth-order valence-corrected chi connectivity index (χ4v) is 3.53. The zero-order valence-corrected chi connectivity index (χ0v) is 14.2. The number of nitriles is 1. The van der Waals surface area contributed by atoms with Gasteiger partial charge in [-0.05, 0) is 13.0 Å². The first kappa shape index (κ1) is 17.1. The maximum absolute atomic E-state index is 13.5. The maximum Gasteiger partial charge on any atom is 0.337 e. The van der Waals surface area contributed by atoms with E-state index in [1.807, 2.05) is 6.07 Å². The Labute approximate surface area is 150 Å². The van der Waals surface area contributed by atoms with Crippen molar-refractivity contribution in [2.24, 2.45) is 5.73 Å². The molecule has 0 aliphatic carbocycles. The molecule has 0 unspecified atom stereocenters. The number of hydrogen-bond donors (Lipinski definition) is 1.